The van der Waals surface area contributed by atoms with E-state index in [1.807, 2.05) is 37.3 Å². The molecule has 0 unspecified atom stereocenters. The molecule has 0 saturated carbocycles. The summed E-state index contributed by atoms with van der Waals surface area (Å²) in [4.78, 5) is 31.8. The molecule has 1 amide bonds. The molecule has 0 radical (unpaired) electrons. The number of hydrogen-bond acceptors (Lipinski definition) is 7. The summed E-state index contributed by atoms with van der Waals surface area (Å²) in [5, 5.41) is 8.43. The standard InChI is InChI=1S/C32H36FN7O/c1-21-7-5-9-23-13-16-35-30(29(21)23)40(25-10-6-15-34-20-25)31(41)26-12-11-24(19-27(26)33)37-32-36-17-14-28(38-32)39-18-4-3-8-22(39)2/h5,7,9,11-14,16-17,19,22,25,34H,3-4,6,8,10,15,18,20H2,1-2H3,(H,36,37,38)/t22-,25-/m1/s1. The van der Waals surface area contributed by atoms with Gasteiger partial charge in [0.15, 0.2) is 0 Å². The van der Waals surface area contributed by atoms with Crippen molar-refractivity contribution < 1.29 is 9.18 Å². The molecule has 0 spiro atoms. The second-order valence-corrected chi connectivity index (χ2v) is 11.1. The minimum absolute atomic E-state index is 0.00493. The summed E-state index contributed by atoms with van der Waals surface area (Å²) in [5.41, 5.74) is 1.51. The Morgan fingerprint density at radius 1 is 1.07 bits per heavy atom. The molecule has 6 rings (SSSR count). The number of nitrogens with zero attached hydrogens (tertiary/aromatic N) is 5. The molecular formula is C32H36FN7O. The highest BCUT2D eigenvalue weighted by Gasteiger charge is 2.32. The van der Waals surface area contributed by atoms with E-state index in [9.17, 15) is 4.79 Å². The Labute approximate surface area is 240 Å². The predicted molar refractivity (Wildman–Crippen MR) is 162 cm³/mol. The van der Waals surface area contributed by atoms with Crippen LogP contribution in [-0.2, 0) is 0 Å². The Hall–Kier alpha value is -4.11. The number of pyridine rings is 1. The number of amides is 1. The average molecular weight is 554 g/mol. The van der Waals surface area contributed by atoms with Crippen molar-refractivity contribution >= 4 is 40.0 Å². The molecule has 2 aliphatic rings. The fourth-order valence-corrected chi connectivity index (χ4v) is 6.09. The Balaban J connectivity index is 1.30. The van der Waals surface area contributed by atoms with Gasteiger partial charge in [0.05, 0.1) is 11.6 Å². The lowest BCUT2D eigenvalue weighted by Crippen LogP contribution is -2.49. The minimum atomic E-state index is -0.605. The molecule has 2 atom stereocenters. The molecule has 8 nitrogen and oxygen atoms in total. The quantitative estimate of drug-likeness (QED) is 0.303. The van der Waals surface area contributed by atoms with Crippen LogP contribution in [0.4, 0.5) is 27.7 Å². The van der Waals surface area contributed by atoms with Gasteiger partial charge in [0.2, 0.25) is 5.95 Å². The third-order valence-corrected chi connectivity index (χ3v) is 8.26. The smallest absolute Gasteiger partial charge is 0.262 e. The molecular weight excluding hydrogens is 517 g/mol. The molecule has 2 fully saturated rings. The van der Waals surface area contributed by atoms with Gasteiger partial charge in [-0.25, -0.2) is 14.4 Å². The lowest BCUT2D eigenvalue weighted by molar-refractivity contribution is 0.0968. The van der Waals surface area contributed by atoms with Crippen LogP contribution >= 0.6 is 0 Å². The lowest BCUT2D eigenvalue weighted by atomic mass is 10.0. The van der Waals surface area contributed by atoms with Crippen molar-refractivity contribution in [1.82, 2.24) is 20.3 Å². The largest absolute Gasteiger partial charge is 0.354 e. The molecule has 0 bridgehead atoms. The van der Waals surface area contributed by atoms with Crippen molar-refractivity contribution in [1.29, 1.82) is 0 Å². The van der Waals surface area contributed by atoms with E-state index in [4.69, 9.17) is 0 Å². The van der Waals surface area contributed by atoms with E-state index in [1.54, 1.807) is 23.4 Å². The highest BCUT2D eigenvalue weighted by atomic mass is 19.1. The predicted octanol–water partition coefficient (Wildman–Crippen LogP) is 5.99. The minimum Gasteiger partial charge on any atom is -0.354 e. The molecule has 4 aromatic rings. The fourth-order valence-electron chi connectivity index (χ4n) is 6.09. The first kappa shape index (κ1) is 27.1. The maximum absolute atomic E-state index is 15.7. The molecule has 2 aromatic carbocycles. The molecule has 41 heavy (non-hydrogen) atoms. The summed E-state index contributed by atoms with van der Waals surface area (Å²) < 4.78 is 15.7. The molecule has 2 saturated heterocycles. The number of aromatic nitrogens is 3. The molecule has 212 valence electrons. The van der Waals surface area contributed by atoms with E-state index >= 15 is 4.39 Å². The van der Waals surface area contributed by atoms with Gasteiger partial charge in [-0.3, -0.25) is 9.69 Å². The maximum atomic E-state index is 15.7. The SMILES string of the molecule is Cc1cccc2ccnc(N(C(=O)c3ccc(Nc4nccc(N5CCCC[C@H]5C)n4)cc3F)[C@@H]3CCCNC3)c12. The monoisotopic (exact) mass is 553 g/mol. The summed E-state index contributed by atoms with van der Waals surface area (Å²) in [6.45, 7) is 6.71. The number of nitrogens with one attached hydrogen (secondary N) is 2. The fraction of sp³-hybridized carbons (Fsp3) is 0.375. The number of halogens is 1. The van der Waals surface area contributed by atoms with Gasteiger partial charge >= 0.3 is 0 Å². The Morgan fingerprint density at radius 2 is 1.95 bits per heavy atom. The topological polar surface area (TPSA) is 86.3 Å². The van der Waals surface area contributed by atoms with E-state index in [0.717, 1.165) is 60.9 Å². The van der Waals surface area contributed by atoms with Gasteiger partial charge in [-0.1, -0.05) is 18.2 Å². The second kappa shape index (κ2) is 11.8. The van der Waals surface area contributed by atoms with Gasteiger partial charge < -0.3 is 15.5 Å². The number of fused-ring (bicyclic) bond motifs is 1. The molecule has 2 aliphatic heterocycles. The highest BCUT2D eigenvalue weighted by Crippen LogP contribution is 2.32. The summed E-state index contributed by atoms with van der Waals surface area (Å²) in [6.07, 6.45) is 8.68. The number of piperidine rings is 2. The summed E-state index contributed by atoms with van der Waals surface area (Å²) in [5.74, 6) is 0.814. The van der Waals surface area contributed by atoms with E-state index in [1.165, 1.54) is 18.6 Å². The maximum Gasteiger partial charge on any atom is 0.262 e. The van der Waals surface area contributed by atoms with Crippen LogP contribution in [0.5, 0.6) is 0 Å². The molecule has 0 aliphatic carbocycles. The van der Waals surface area contributed by atoms with Gasteiger partial charge in [0, 0.05) is 42.6 Å². The zero-order chi connectivity index (χ0) is 28.3. The second-order valence-electron chi connectivity index (χ2n) is 11.1. The molecule has 2 aromatic heterocycles. The van der Waals surface area contributed by atoms with Crippen LogP contribution in [0.3, 0.4) is 0 Å². The van der Waals surface area contributed by atoms with Crippen molar-refractivity contribution in [2.24, 2.45) is 0 Å². The van der Waals surface area contributed by atoms with E-state index < -0.39 is 11.7 Å². The van der Waals surface area contributed by atoms with Crippen LogP contribution in [0.1, 0.15) is 54.9 Å². The van der Waals surface area contributed by atoms with Crippen molar-refractivity contribution in [2.45, 2.75) is 58.0 Å². The first-order valence-corrected chi connectivity index (χ1v) is 14.5. The number of carbonyl (C=O) groups is 1. The number of benzene rings is 2. The van der Waals surface area contributed by atoms with E-state index in [2.05, 4.69) is 37.4 Å². The van der Waals surface area contributed by atoms with Crippen LogP contribution in [0, 0.1) is 12.7 Å². The number of rotatable bonds is 6. The van der Waals surface area contributed by atoms with E-state index in [-0.39, 0.29) is 11.6 Å². The number of hydrogen-bond donors (Lipinski definition) is 2. The van der Waals surface area contributed by atoms with Gasteiger partial charge in [-0.05, 0) is 93.8 Å². The lowest BCUT2D eigenvalue weighted by Gasteiger charge is -2.35. The summed E-state index contributed by atoms with van der Waals surface area (Å²) in [6, 6.07) is 14.7. The third kappa shape index (κ3) is 5.59. The summed E-state index contributed by atoms with van der Waals surface area (Å²) >= 11 is 0. The van der Waals surface area contributed by atoms with Crippen molar-refractivity contribution in [3.8, 4) is 0 Å². The van der Waals surface area contributed by atoms with Crippen molar-refractivity contribution in [2.75, 3.05) is 34.8 Å². The highest BCUT2D eigenvalue weighted by molar-refractivity contribution is 6.11. The van der Waals surface area contributed by atoms with Gasteiger partial charge in [0.25, 0.3) is 5.91 Å². The normalized spacial score (nSPS) is 19.2. The molecule has 4 heterocycles. The Morgan fingerprint density at radius 3 is 2.76 bits per heavy atom. The van der Waals surface area contributed by atoms with Gasteiger partial charge in [0.1, 0.15) is 17.5 Å². The Kier molecular flexibility index (Phi) is 7.78. The van der Waals surface area contributed by atoms with Crippen molar-refractivity contribution in [3.05, 3.63) is 77.9 Å². The van der Waals surface area contributed by atoms with Crippen molar-refractivity contribution in [3.63, 3.8) is 0 Å². The molecule has 9 heteroatoms. The Bertz CT molecular complexity index is 1550. The van der Waals surface area contributed by atoms with Crippen LogP contribution in [0.25, 0.3) is 10.8 Å². The average Bonchev–Trinajstić information content (AvgIpc) is 2.98. The van der Waals surface area contributed by atoms with Gasteiger partial charge in [-0.2, -0.15) is 4.98 Å². The van der Waals surface area contributed by atoms with E-state index in [0.29, 0.717) is 30.0 Å². The number of carbonyl (C=O) groups excluding carboxylic acids is 1. The number of aryl methyl sites for hydroxylation is 1. The van der Waals surface area contributed by atoms with Crippen LogP contribution in [0.2, 0.25) is 0 Å². The van der Waals surface area contributed by atoms with Crippen LogP contribution in [-0.4, -0.2) is 52.6 Å². The zero-order valence-electron chi connectivity index (χ0n) is 23.6. The van der Waals surface area contributed by atoms with Crippen LogP contribution in [0.15, 0.2) is 60.9 Å². The first-order valence-electron chi connectivity index (χ1n) is 14.5. The number of anilines is 4. The zero-order valence-corrected chi connectivity index (χ0v) is 23.6. The third-order valence-electron chi connectivity index (χ3n) is 8.26. The molecule has 2 N–H and O–H groups in total. The first-order chi connectivity index (χ1) is 20.0. The van der Waals surface area contributed by atoms with Gasteiger partial charge in [-0.15, -0.1) is 0 Å². The van der Waals surface area contributed by atoms with Crippen LogP contribution < -0.4 is 20.4 Å². The summed E-state index contributed by atoms with van der Waals surface area (Å²) in [7, 11) is 0.